The number of amides is 1. The van der Waals surface area contributed by atoms with Gasteiger partial charge in [-0.05, 0) is 48.6 Å². The Hall–Kier alpha value is -3.46. The van der Waals surface area contributed by atoms with Crippen molar-refractivity contribution in [1.82, 2.24) is 20.8 Å². The van der Waals surface area contributed by atoms with Crippen LogP contribution in [0.2, 0.25) is 0 Å². The van der Waals surface area contributed by atoms with Crippen LogP contribution in [0.1, 0.15) is 10.6 Å². The van der Waals surface area contributed by atoms with Crippen LogP contribution in [0, 0.1) is 0 Å². The molecule has 0 atom stereocenters. The minimum atomic E-state index is -0.619. The molecule has 1 heterocycles. The number of methoxy groups -OCH3 is 1. The number of para-hydroxylation sites is 1. The van der Waals surface area contributed by atoms with E-state index in [1.165, 1.54) is 0 Å². The molecule has 0 aliphatic rings. The molecule has 1 aromatic heterocycles. The lowest BCUT2D eigenvalue weighted by Gasteiger charge is -2.11. The van der Waals surface area contributed by atoms with E-state index in [-0.39, 0.29) is 16.5 Å². The zero-order valence-electron chi connectivity index (χ0n) is 13.7. The third kappa shape index (κ3) is 3.95. The zero-order valence-corrected chi connectivity index (χ0v) is 14.5. The Morgan fingerprint density at radius 2 is 1.85 bits per heavy atom. The van der Waals surface area contributed by atoms with Crippen molar-refractivity contribution in [2.75, 3.05) is 12.4 Å². The summed E-state index contributed by atoms with van der Waals surface area (Å²) in [7, 11) is 1.58. The van der Waals surface area contributed by atoms with Crippen molar-refractivity contribution in [3.05, 3.63) is 64.7 Å². The van der Waals surface area contributed by atoms with Gasteiger partial charge in [0.05, 0.1) is 18.0 Å². The number of thiocarbonyl (C=S) groups is 1. The van der Waals surface area contributed by atoms with Crippen LogP contribution in [-0.4, -0.2) is 28.1 Å². The van der Waals surface area contributed by atoms with Crippen molar-refractivity contribution in [1.29, 1.82) is 0 Å². The number of rotatable bonds is 3. The van der Waals surface area contributed by atoms with Crippen LogP contribution < -0.4 is 26.5 Å². The van der Waals surface area contributed by atoms with Crippen molar-refractivity contribution < 1.29 is 9.53 Å². The number of carbonyl (C=O) groups excluding carboxylic acids is 1. The molecule has 0 aliphatic carbocycles. The van der Waals surface area contributed by atoms with E-state index >= 15 is 0 Å². The van der Waals surface area contributed by atoms with Crippen molar-refractivity contribution in [2.45, 2.75) is 0 Å². The molecule has 0 saturated heterocycles. The van der Waals surface area contributed by atoms with E-state index in [4.69, 9.17) is 17.0 Å². The van der Waals surface area contributed by atoms with E-state index in [9.17, 15) is 9.59 Å². The highest BCUT2D eigenvalue weighted by Gasteiger charge is 2.11. The van der Waals surface area contributed by atoms with E-state index in [1.54, 1.807) is 55.6 Å². The summed E-state index contributed by atoms with van der Waals surface area (Å²) in [5.74, 6) is -0.0192. The molecule has 9 heteroatoms. The molecule has 0 bridgehead atoms. The van der Waals surface area contributed by atoms with Crippen LogP contribution in [-0.2, 0) is 0 Å². The molecule has 3 aromatic rings. The number of ether oxygens (including phenoxy) is 1. The number of benzene rings is 2. The van der Waals surface area contributed by atoms with Gasteiger partial charge in [0.1, 0.15) is 5.75 Å². The molecule has 26 heavy (non-hydrogen) atoms. The molecule has 4 N–H and O–H groups in total. The van der Waals surface area contributed by atoms with Crippen molar-refractivity contribution >= 4 is 39.8 Å². The van der Waals surface area contributed by atoms with Gasteiger partial charge in [-0.1, -0.05) is 12.1 Å². The summed E-state index contributed by atoms with van der Waals surface area (Å²) in [5.41, 5.74) is 5.70. The Morgan fingerprint density at radius 1 is 1.12 bits per heavy atom. The minimum Gasteiger partial charge on any atom is -0.497 e. The number of hydrogen-bond donors (Lipinski definition) is 4. The number of nitrogens with one attached hydrogen (secondary N) is 4. The topological polar surface area (TPSA) is 108 Å². The SMILES string of the molecule is COc1ccc(NC(=S)NNC(=O)c2nc3ccccc3c(=O)[nH]2)cc1. The third-order valence-electron chi connectivity index (χ3n) is 3.47. The molecule has 2 aromatic carbocycles. The molecule has 1 amide bonds. The monoisotopic (exact) mass is 369 g/mol. The Kier molecular flexibility index (Phi) is 5.09. The van der Waals surface area contributed by atoms with Crippen LogP contribution in [0.5, 0.6) is 5.75 Å². The maximum absolute atomic E-state index is 12.2. The lowest BCUT2D eigenvalue weighted by Crippen LogP contribution is -2.44. The van der Waals surface area contributed by atoms with E-state index in [0.29, 0.717) is 16.7 Å². The molecule has 0 fully saturated rings. The number of aromatic amines is 1. The van der Waals surface area contributed by atoms with Crippen molar-refractivity contribution in [3.8, 4) is 5.75 Å². The summed E-state index contributed by atoms with van der Waals surface area (Å²) >= 11 is 5.11. The summed E-state index contributed by atoms with van der Waals surface area (Å²) < 4.78 is 5.07. The maximum atomic E-state index is 12.2. The zero-order chi connectivity index (χ0) is 18.5. The first-order chi connectivity index (χ1) is 12.6. The molecule has 3 rings (SSSR count). The van der Waals surface area contributed by atoms with E-state index in [2.05, 4.69) is 26.1 Å². The van der Waals surface area contributed by atoms with Crippen molar-refractivity contribution in [2.24, 2.45) is 0 Å². The molecule has 0 unspecified atom stereocenters. The number of aromatic nitrogens is 2. The molecule has 0 aliphatic heterocycles. The number of hydrogen-bond acceptors (Lipinski definition) is 5. The van der Waals surface area contributed by atoms with Crippen LogP contribution >= 0.6 is 12.2 Å². The van der Waals surface area contributed by atoms with Gasteiger partial charge in [-0.15, -0.1) is 0 Å². The highest BCUT2D eigenvalue weighted by atomic mass is 32.1. The second-order valence-corrected chi connectivity index (χ2v) is 5.60. The minimum absolute atomic E-state index is 0.117. The molecule has 0 spiro atoms. The number of fused-ring (bicyclic) bond motifs is 1. The quantitative estimate of drug-likeness (QED) is 0.410. The number of hydrazine groups is 1. The normalized spacial score (nSPS) is 10.2. The second-order valence-electron chi connectivity index (χ2n) is 5.19. The van der Waals surface area contributed by atoms with E-state index < -0.39 is 5.91 Å². The average Bonchev–Trinajstić information content (AvgIpc) is 2.66. The average molecular weight is 369 g/mol. The number of anilines is 1. The smallest absolute Gasteiger partial charge is 0.305 e. The molecular weight excluding hydrogens is 354 g/mol. The van der Waals surface area contributed by atoms with Gasteiger partial charge in [0, 0.05) is 5.69 Å². The first kappa shape index (κ1) is 17.4. The molecular formula is C17H15N5O3S. The maximum Gasteiger partial charge on any atom is 0.305 e. The van der Waals surface area contributed by atoms with Gasteiger partial charge in [-0.25, -0.2) is 4.98 Å². The number of nitrogens with zero attached hydrogens (tertiary/aromatic N) is 1. The van der Waals surface area contributed by atoms with Gasteiger partial charge in [0.15, 0.2) is 5.11 Å². The molecule has 8 nitrogen and oxygen atoms in total. The van der Waals surface area contributed by atoms with Gasteiger partial charge < -0.3 is 15.0 Å². The van der Waals surface area contributed by atoms with E-state index in [1.807, 2.05) is 0 Å². The highest BCUT2D eigenvalue weighted by molar-refractivity contribution is 7.80. The van der Waals surface area contributed by atoms with E-state index in [0.717, 1.165) is 5.69 Å². The van der Waals surface area contributed by atoms with Gasteiger partial charge in [-0.3, -0.25) is 20.4 Å². The predicted octanol–water partition coefficient (Wildman–Crippen LogP) is 1.56. The summed E-state index contributed by atoms with van der Waals surface area (Å²) in [6.45, 7) is 0. The molecule has 0 radical (unpaired) electrons. The van der Waals surface area contributed by atoms with Gasteiger partial charge >= 0.3 is 5.91 Å². The summed E-state index contributed by atoms with van der Waals surface area (Å²) in [6.07, 6.45) is 0. The van der Waals surface area contributed by atoms with Crippen LogP contribution in [0.15, 0.2) is 53.3 Å². The Balaban J connectivity index is 1.63. The fraction of sp³-hybridized carbons (Fsp3) is 0.0588. The summed E-state index contributed by atoms with van der Waals surface area (Å²) in [4.78, 5) is 30.7. The Morgan fingerprint density at radius 3 is 2.58 bits per heavy atom. The van der Waals surface area contributed by atoms with Gasteiger partial charge in [0.2, 0.25) is 5.82 Å². The predicted molar refractivity (Wildman–Crippen MR) is 102 cm³/mol. The van der Waals surface area contributed by atoms with Crippen LogP contribution in [0.3, 0.4) is 0 Å². The first-order valence-corrected chi connectivity index (χ1v) is 7.98. The fourth-order valence-corrected chi connectivity index (χ4v) is 2.37. The van der Waals surface area contributed by atoms with Gasteiger partial charge in [0.25, 0.3) is 5.56 Å². The largest absolute Gasteiger partial charge is 0.497 e. The fourth-order valence-electron chi connectivity index (χ4n) is 2.20. The number of H-pyrrole nitrogens is 1. The van der Waals surface area contributed by atoms with Crippen molar-refractivity contribution in [3.63, 3.8) is 0 Å². The Bertz CT molecular complexity index is 1020. The van der Waals surface area contributed by atoms with Crippen LogP contribution in [0.4, 0.5) is 5.69 Å². The summed E-state index contributed by atoms with van der Waals surface area (Å²) in [5, 5.41) is 3.48. The Labute approximate surface area is 153 Å². The standard InChI is InChI=1S/C17H15N5O3S/c1-25-11-8-6-10(7-9-11)18-17(26)22-21-16(24)14-19-13-5-3-2-4-12(13)15(23)20-14/h2-9H,1H3,(H,21,24)(H2,18,22,26)(H,19,20,23). The second kappa shape index (κ2) is 7.62. The highest BCUT2D eigenvalue weighted by Crippen LogP contribution is 2.14. The van der Waals surface area contributed by atoms with Crippen LogP contribution in [0.25, 0.3) is 10.9 Å². The molecule has 0 saturated carbocycles. The number of carbonyl (C=O) groups is 1. The first-order valence-electron chi connectivity index (χ1n) is 7.57. The van der Waals surface area contributed by atoms with Gasteiger partial charge in [-0.2, -0.15) is 0 Å². The summed E-state index contributed by atoms with van der Waals surface area (Å²) in [6, 6.07) is 13.8. The third-order valence-corrected chi connectivity index (χ3v) is 3.67. The lowest BCUT2D eigenvalue weighted by molar-refractivity contribution is 0.0934. The molecule has 132 valence electrons. The lowest BCUT2D eigenvalue weighted by atomic mass is 10.2.